The number of aliphatic imine (C=N–C) groups is 1. The number of carbonyl (C=O) groups is 8. The third kappa shape index (κ3) is 71.4. The van der Waals surface area contributed by atoms with Crippen molar-refractivity contribution in [3.8, 4) is 0 Å². The number of alkyl carbamates (subject to hydrolysis) is 1. The number of nitrogens with two attached hydrogens (primary N) is 2. The fraction of sp³-hybridized carbons (Fsp3) is 0.711. The zero-order valence-corrected chi connectivity index (χ0v) is 84.2. The number of nitrogens with zero attached hydrogens (tertiary/aromatic N) is 3. The summed E-state index contributed by atoms with van der Waals surface area (Å²) in [5, 5.41) is 24.8. The van der Waals surface area contributed by atoms with Crippen LogP contribution in [0.5, 0.6) is 0 Å². The number of carbonyl (C=O) groups excluding carboxylic acids is 7. The smallest absolute Gasteiger partial charge is 0.407 e. The highest BCUT2D eigenvalue weighted by Crippen LogP contribution is 2.29. The number of carboxylic acids is 1. The quantitative estimate of drug-likeness (QED) is 0.0352. The average molecular weight is 2040 g/mol. The van der Waals surface area contributed by atoms with E-state index in [4.69, 9.17) is 140 Å². The highest BCUT2D eigenvalue weighted by Gasteiger charge is 2.30. The third-order valence-electron chi connectivity index (χ3n) is 19.6. The van der Waals surface area contributed by atoms with E-state index in [0.29, 0.717) is 356 Å². The van der Waals surface area contributed by atoms with Crippen molar-refractivity contribution in [1.29, 1.82) is 0 Å². The summed E-state index contributed by atoms with van der Waals surface area (Å²) >= 11 is 0. The monoisotopic (exact) mass is 2040 g/mol. The van der Waals surface area contributed by atoms with E-state index in [1.807, 2.05) is 18.7 Å². The molecule has 1 aliphatic rings. The van der Waals surface area contributed by atoms with E-state index in [1.54, 1.807) is 74.5 Å². The number of aromatic nitrogens is 1. The molecule has 1 aliphatic heterocycles. The molecular formula is C97H161N11O35. The molecule has 3 aromatic rings. The average Bonchev–Trinajstić information content (AvgIpc) is 1.71. The summed E-state index contributed by atoms with van der Waals surface area (Å²) in [4.78, 5) is 112. The SMILES string of the molecule is CCCN(CCC)C(=O)C1=Cc2ccc(C(=O)Nc3ccc(CNC(=O)OCc4ccc(NC(=O)[C@H](CCCNC(N)=O)NC(=O)[C@@H](NC(=O)CCOCCOCCOCCOCCOCCOCCOCCOCCOCCOCCOCCOCCOCCOCCOCCOCCOCCOCCOCCOCCOCCOCCOCCOCCOCCC(=O)O)C(C)C)cc4)cn3)cc2N=C(N)C1. The molecule has 143 heavy (non-hydrogen) atoms. The largest absolute Gasteiger partial charge is 0.481 e. The number of pyridine rings is 1. The highest BCUT2D eigenvalue weighted by atomic mass is 16.6. The number of amides is 8. The van der Waals surface area contributed by atoms with Crippen LogP contribution >= 0.6 is 0 Å². The van der Waals surface area contributed by atoms with Crippen LogP contribution in [0.4, 0.5) is 26.8 Å². The second kappa shape index (κ2) is 89.5. The Hall–Kier alpha value is -8.84. The van der Waals surface area contributed by atoms with Crippen LogP contribution in [-0.4, -0.2) is 431 Å². The fourth-order valence-corrected chi connectivity index (χ4v) is 12.3. The van der Waals surface area contributed by atoms with Crippen LogP contribution in [0.1, 0.15) is 99.7 Å². The van der Waals surface area contributed by atoms with Crippen LogP contribution in [0.3, 0.4) is 0 Å². The minimum Gasteiger partial charge on any atom is -0.481 e. The van der Waals surface area contributed by atoms with Crippen LogP contribution in [-0.2, 0) is 160 Å². The summed E-state index contributed by atoms with van der Waals surface area (Å²) in [7, 11) is 0. The number of carboxylic acid groups (broad SMARTS) is 1. The summed E-state index contributed by atoms with van der Waals surface area (Å²) in [6.07, 6.45) is 4.75. The van der Waals surface area contributed by atoms with Crippen LogP contribution in [0, 0.1) is 5.92 Å². The molecular weight excluding hydrogens is 1880 g/mol. The maximum absolute atomic E-state index is 13.7. The molecule has 8 amide bonds. The van der Waals surface area contributed by atoms with Gasteiger partial charge in [0, 0.05) is 67.6 Å². The lowest BCUT2D eigenvalue weighted by molar-refractivity contribution is -0.138. The molecule has 11 N–H and O–H groups in total. The molecule has 0 aliphatic carbocycles. The lowest BCUT2D eigenvalue weighted by Gasteiger charge is -2.25. The van der Waals surface area contributed by atoms with E-state index in [9.17, 15) is 38.4 Å². The Morgan fingerprint density at radius 1 is 0.420 bits per heavy atom. The van der Waals surface area contributed by atoms with E-state index in [2.05, 4.69) is 41.9 Å². The van der Waals surface area contributed by atoms with Crippen molar-refractivity contribution in [3.05, 3.63) is 88.6 Å². The molecule has 0 bridgehead atoms. The Labute approximate surface area is 840 Å². The number of aliphatic carboxylic acids is 1. The summed E-state index contributed by atoms with van der Waals surface area (Å²) in [6.45, 7) is 29.9. The number of hydrogen-bond donors (Lipinski definition) is 9. The number of nitrogens with one attached hydrogen (secondary N) is 6. The van der Waals surface area contributed by atoms with Gasteiger partial charge in [-0.1, -0.05) is 52.0 Å². The first-order valence-electron chi connectivity index (χ1n) is 49.3. The summed E-state index contributed by atoms with van der Waals surface area (Å²) < 4.78 is 143. The predicted molar refractivity (Wildman–Crippen MR) is 525 cm³/mol. The molecule has 814 valence electrons. The van der Waals surface area contributed by atoms with Gasteiger partial charge in [0.1, 0.15) is 30.3 Å². The molecule has 0 fully saturated rings. The number of benzene rings is 2. The number of amidine groups is 1. The number of hydrogen-bond acceptors (Lipinski definition) is 37. The van der Waals surface area contributed by atoms with Gasteiger partial charge in [0.25, 0.3) is 5.91 Å². The van der Waals surface area contributed by atoms with Gasteiger partial charge in [0.15, 0.2) is 0 Å². The van der Waals surface area contributed by atoms with E-state index >= 15 is 0 Å². The highest BCUT2D eigenvalue weighted by molar-refractivity contribution is 6.08. The fourth-order valence-electron chi connectivity index (χ4n) is 12.3. The van der Waals surface area contributed by atoms with E-state index in [0.717, 1.165) is 12.8 Å². The number of rotatable bonds is 99. The van der Waals surface area contributed by atoms with Gasteiger partial charge in [-0.05, 0) is 79.1 Å². The van der Waals surface area contributed by atoms with E-state index < -0.39 is 53.8 Å². The van der Waals surface area contributed by atoms with Crippen molar-refractivity contribution in [1.82, 2.24) is 31.2 Å². The molecule has 2 atom stereocenters. The maximum atomic E-state index is 13.7. The first-order chi connectivity index (χ1) is 70.0. The maximum Gasteiger partial charge on any atom is 0.407 e. The zero-order chi connectivity index (χ0) is 103. The molecule has 0 saturated carbocycles. The van der Waals surface area contributed by atoms with Crippen molar-refractivity contribution in [2.75, 3.05) is 361 Å². The second-order valence-electron chi connectivity index (χ2n) is 31.6. The minimum atomic E-state index is -1.08. The number of ether oxygens (including phenoxy) is 26. The molecule has 1 aromatic heterocycles. The van der Waals surface area contributed by atoms with Crippen molar-refractivity contribution < 1.29 is 167 Å². The van der Waals surface area contributed by atoms with Gasteiger partial charge in [-0.15, -0.1) is 0 Å². The molecule has 0 unspecified atom stereocenters. The number of anilines is 2. The van der Waals surface area contributed by atoms with E-state index in [1.165, 1.54) is 6.20 Å². The predicted octanol–water partition coefficient (Wildman–Crippen LogP) is 4.48. The zero-order valence-electron chi connectivity index (χ0n) is 84.2. The Morgan fingerprint density at radius 3 is 1.11 bits per heavy atom. The Balaban J connectivity index is 0.828. The number of fused-ring (bicyclic) bond motifs is 1. The van der Waals surface area contributed by atoms with Crippen molar-refractivity contribution in [2.24, 2.45) is 22.4 Å². The molecule has 4 rings (SSSR count). The van der Waals surface area contributed by atoms with Crippen molar-refractivity contribution in [3.63, 3.8) is 0 Å². The first kappa shape index (κ1) is 126. The number of primary amides is 1. The Bertz CT molecular complexity index is 3790. The van der Waals surface area contributed by atoms with Gasteiger partial charge in [0.2, 0.25) is 23.6 Å². The normalized spacial score (nSPS) is 12.3. The molecule has 2 heterocycles. The lowest BCUT2D eigenvalue weighted by Crippen LogP contribution is -2.54. The Morgan fingerprint density at radius 2 is 0.776 bits per heavy atom. The van der Waals surface area contributed by atoms with Crippen LogP contribution in [0.15, 0.2) is 71.4 Å². The molecule has 0 spiro atoms. The van der Waals surface area contributed by atoms with Gasteiger partial charge < -0.3 is 177 Å². The molecule has 0 saturated heterocycles. The molecule has 46 heteroatoms. The third-order valence-corrected chi connectivity index (χ3v) is 19.6. The molecule has 0 radical (unpaired) electrons. The number of urea groups is 1. The summed E-state index contributed by atoms with van der Waals surface area (Å²) in [5.74, 6) is -2.83. The molecule has 2 aromatic carbocycles. The van der Waals surface area contributed by atoms with Crippen molar-refractivity contribution in [2.45, 2.75) is 97.9 Å². The lowest BCUT2D eigenvalue weighted by atomic mass is 10.0. The summed E-state index contributed by atoms with van der Waals surface area (Å²) in [6, 6.07) is 12.0. The van der Waals surface area contributed by atoms with Gasteiger partial charge in [-0.25, -0.2) is 19.6 Å². The van der Waals surface area contributed by atoms with Crippen LogP contribution in [0.25, 0.3) is 6.08 Å². The minimum absolute atomic E-state index is 0.0174. The topological polar surface area (TPSA) is 549 Å². The standard InChI is InChI=1S/C97H161N11O35/c1-5-20-108(21-6-2)95(115)83-72-81-12-13-82(73-86(81)104-87(98)74-83)92(112)106-88-16-11-80(75-101-88)76-102-97(117)143-77-79-9-14-84(15-10-79)103-93(113)85(8-7-19-100-96(99)116)105-94(114)91(78(3)4)107-89(109)17-22-118-24-26-120-28-30-122-32-34-124-36-38-126-40-42-128-44-46-130-48-50-132-52-54-134-56-58-136-60-62-138-64-66-140-68-70-142-71-69-141-67-65-139-63-61-137-59-57-135-55-53-133-51-49-131-47-45-129-43-41-127-39-37-125-35-33-123-31-29-121-27-25-119-23-18-90(110)111/h9-16,72-73,75,78,85,91H,5-8,17-71,74,76-77H2,1-4H3,(H2,98,104)(H,102,117)(H,103,113)(H,105,114)(H,107,109)(H,110,111)(H3,99,100,116)(H,101,106,112)/t85-,91-/m0/s1. The van der Waals surface area contributed by atoms with Crippen molar-refractivity contribution >= 4 is 76.7 Å². The second-order valence-corrected chi connectivity index (χ2v) is 31.6. The molecule has 46 nitrogen and oxygen atoms in total. The Kier molecular flexibility index (Phi) is 79.2. The first-order valence-corrected chi connectivity index (χ1v) is 49.3. The van der Waals surface area contributed by atoms with Gasteiger partial charge in [0.05, 0.1) is 342 Å². The summed E-state index contributed by atoms with van der Waals surface area (Å²) in [5.41, 5.74) is 15.1. The van der Waals surface area contributed by atoms with Crippen LogP contribution in [0.2, 0.25) is 0 Å². The van der Waals surface area contributed by atoms with Gasteiger partial charge in [-0.2, -0.15) is 0 Å². The van der Waals surface area contributed by atoms with Gasteiger partial charge in [-0.3, -0.25) is 28.8 Å². The van der Waals surface area contributed by atoms with Crippen LogP contribution < -0.4 is 43.4 Å². The van der Waals surface area contributed by atoms with E-state index in [-0.39, 0.29) is 102 Å². The van der Waals surface area contributed by atoms with Gasteiger partial charge >= 0.3 is 18.1 Å².